The van der Waals surface area contributed by atoms with Crippen LogP contribution < -0.4 is 5.32 Å². The first-order chi connectivity index (χ1) is 7.36. The Hall–Kier alpha value is -1.13. The first kappa shape index (κ1) is 12.9. The molecule has 1 atom stereocenters. The predicted molar refractivity (Wildman–Crippen MR) is 62.8 cm³/mol. The fraction of sp³-hybridized carbons (Fsp3) is 0.455. The van der Waals surface area contributed by atoms with E-state index in [4.69, 9.17) is 4.74 Å². The average molecular weight is 243 g/mol. The van der Waals surface area contributed by atoms with Crippen molar-refractivity contribution in [2.45, 2.75) is 18.9 Å². The van der Waals surface area contributed by atoms with Crippen LogP contribution in [0, 0.1) is 0 Å². The monoisotopic (exact) mass is 242 g/mol. The largest absolute Gasteiger partial charge is 0.376 e. The quantitative estimate of drug-likeness (QED) is 0.872. The molecule has 0 saturated carbocycles. The molecule has 2 rings (SSSR count). The van der Waals surface area contributed by atoms with E-state index in [-0.39, 0.29) is 24.4 Å². The van der Waals surface area contributed by atoms with E-state index in [0.717, 1.165) is 19.4 Å². The minimum Gasteiger partial charge on any atom is -0.376 e. The van der Waals surface area contributed by atoms with Crippen molar-refractivity contribution in [3.8, 4) is 0 Å². The Labute approximate surface area is 101 Å². The maximum atomic E-state index is 11.6. The molecule has 1 aromatic rings. The maximum Gasteiger partial charge on any atom is 0.251 e. The topological polar surface area (TPSA) is 51.2 Å². The van der Waals surface area contributed by atoms with E-state index >= 15 is 0 Å². The molecule has 1 aliphatic rings. The predicted octanol–water partition coefficient (Wildman–Crippen LogP) is 1.41. The number of nitrogens with zero attached hydrogens (tertiary/aromatic N) is 1. The number of hydrogen-bond acceptors (Lipinski definition) is 3. The number of nitrogens with one attached hydrogen (secondary N) is 1. The summed E-state index contributed by atoms with van der Waals surface area (Å²) in [6, 6.07) is 3.40. The third-order valence-electron chi connectivity index (χ3n) is 2.46. The Kier molecular flexibility index (Phi) is 5.22. The Morgan fingerprint density at radius 3 is 2.88 bits per heavy atom. The van der Waals surface area contributed by atoms with Crippen molar-refractivity contribution >= 4 is 18.3 Å². The Balaban J connectivity index is 0.00000128. The summed E-state index contributed by atoms with van der Waals surface area (Å²) in [5.41, 5.74) is 0.642. The molecule has 5 heteroatoms. The van der Waals surface area contributed by atoms with Crippen molar-refractivity contribution in [2.75, 3.05) is 13.2 Å². The lowest BCUT2D eigenvalue weighted by molar-refractivity contribution is 0.0857. The molecule has 0 aromatic carbocycles. The van der Waals surface area contributed by atoms with E-state index in [2.05, 4.69) is 10.3 Å². The van der Waals surface area contributed by atoms with Crippen LogP contribution in [0.2, 0.25) is 0 Å². The maximum absolute atomic E-state index is 11.6. The standard InChI is InChI=1S/C11H14N2O2.ClH/c14-11(9-3-5-12-6-4-9)13-8-10-2-1-7-15-10;/h3-6,10H,1-2,7-8H2,(H,13,14);1H. The van der Waals surface area contributed by atoms with Gasteiger partial charge >= 0.3 is 0 Å². The molecule has 1 saturated heterocycles. The number of aromatic nitrogens is 1. The minimum atomic E-state index is -0.0621. The lowest BCUT2D eigenvalue weighted by atomic mass is 10.2. The van der Waals surface area contributed by atoms with Gasteiger partial charge in [0.1, 0.15) is 0 Å². The molecular weight excluding hydrogens is 228 g/mol. The highest BCUT2D eigenvalue weighted by molar-refractivity contribution is 5.93. The second-order valence-electron chi connectivity index (χ2n) is 3.58. The molecule has 2 heterocycles. The number of rotatable bonds is 3. The molecule has 0 bridgehead atoms. The molecule has 0 radical (unpaired) electrons. The van der Waals surface area contributed by atoms with E-state index in [1.807, 2.05) is 0 Å². The van der Waals surface area contributed by atoms with E-state index < -0.39 is 0 Å². The fourth-order valence-corrected chi connectivity index (χ4v) is 1.62. The smallest absolute Gasteiger partial charge is 0.251 e. The van der Waals surface area contributed by atoms with Gasteiger partial charge in [0, 0.05) is 31.1 Å². The number of amides is 1. The first-order valence-electron chi connectivity index (χ1n) is 5.16. The molecule has 1 fully saturated rings. The van der Waals surface area contributed by atoms with Crippen LogP contribution >= 0.6 is 12.4 Å². The second kappa shape index (κ2) is 6.45. The highest BCUT2D eigenvalue weighted by Crippen LogP contribution is 2.10. The van der Waals surface area contributed by atoms with Crippen LogP contribution in [-0.2, 0) is 4.74 Å². The lowest BCUT2D eigenvalue weighted by Gasteiger charge is -2.10. The number of carbonyl (C=O) groups is 1. The zero-order valence-corrected chi connectivity index (χ0v) is 9.70. The van der Waals surface area contributed by atoms with Gasteiger partial charge in [0.15, 0.2) is 0 Å². The summed E-state index contributed by atoms with van der Waals surface area (Å²) >= 11 is 0. The van der Waals surface area contributed by atoms with Crippen molar-refractivity contribution in [2.24, 2.45) is 0 Å². The molecule has 1 unspecified atom stereocenters. The summed E-state index contributed by atoms with van der Waals surface area (Å²) in [5.74, 6) is -0.0621. The van der Waals surface area contributed by atoms with Gasteiger partial charge in [0.2, 0.25) is 0 Å². The normalized spacial score (nSPS) is 18.9. The van der Waals surface area contributed by atoms with Crippen LogP contribution in [0.4, 0.5) is 0 Å². The summed E-state index contributed by atoms with van der Waals surface area (Å²) in [5, 5.41) is 2.85. The van der Waals surface area contributed by atoms with Crippen molar-refractivity contribution in [1.82, 2.24) is 10.3 Å². The molecule has 1 aromatic heterocycles. The van der Waals surface area contributed by atoms with Gasteiger partial charge in [-0.25, -0.2) is 0 Å². The van der Waals surface area contributed by atoms with Gasteiger partial charge in [-0.1, -0.05) is 0 Å². The van der Waals surface area contributed by atoms with E-state index in [1.54, 1.807) is 24.5 Å². The van der Waals surface area contributed by atoms with Crippen LogP contribution in [-0.4, -0.2) is 30.1 Å². The van der Waals surface area contributed by atoms with Crippen molar-refractivity contribution in [3.63, 3.8) is 0 Å². The SMILES string of the molecule is Cl.O=C(NCC1CCCO1)c1ccncc1. The third kappa shape index (κ3) is 3.47. The van der Waals surface area contributed by atoms with Gasteiger partial charge < -0.3 is 10.1 Å². The molecule has 4 nitrogen and oxygen atoms in total. The van der Waals surface area contributed by atoms with Crippen molar-refractivity contribution in [3.05, 3.63) is 30.1 Å². The highest BCUT2D eigenvalue weighted by atomic mass is 35.5. The summed E-state index contributed by atoms with van der Waals surface area (Å²) in [6.07, 6.45) is 5.55. The molecule has 0 spiro atoms. The lowest BCUT2D eigenvalue weighted by Crippen LogP contribution is -2.31. The van der Waals surface area contributed by atoms with Gasteiger partial charge in [-0.05, 0) is 25.0 Å². The highest BCUT2D eigenvalue weighted by Gasteiger charge is 2.16. The van der Waals surface area contributed by atoms with Gasteiger partial charge in [0.25, 0.3) is 5.91 Å². The van der Waals surface area contributed by atoms with E-state index in [1.165, 1.54) is 0 Å². The molecule has 1 amide bonds. The first-order valence-corrected chi connectivity index (χ1v) is 5.16. The molecule has 0 aliphatic carbocycles. The number of pyridine rings is 1. The van der Waals surface area contributed by atoms with Crippen molar-refractivity contribution < 1.29 is 9.53 Å². The van der Waals surface area contributed by atoms with E-state index in [9.17, 15) is 4.79 Å². The number of ether oxygens (including phenoxy) is 1. The van der Waals surface area contributed by atoms with Gasteiger partial charge in [-0.2, -0.15) is 0 Å². The molecule has 1 aliphatic heterocycles. The molecule has 1 N–H and O–H groups in total. The summed E-state index contributed by atoms with van der Waals surface area (Å²) in [6.45, 7) is 1.41. The Morgan fingerprint density at radius 1 is 1.50 bits per heavy atom. The van der Waals surface area contributed by atoms with Crippen molar-refractivity contribution in [1.29, 1.82) is 0 Å². The fourth-order valence-electron chi connectivity index (χ4n) is 1.62. The minimum absolute atomic E-state index is 0. The van der Waals surface area contributed by atoms with Gasteiger partial charge in [-0.15, -0.1) is 12.4 Å². The van der Waals surface area contributed by atoms with Crippen LogP contribution in [0.3, 0.4) is 0 Å². The zero-order chi connectivity index (χ0) is 10.5. The zero-order valence-electron chi connectivity index (χ0n) is 8.89. The Bertz CT molecular complexity index is 326. The van der Waals surface area contributed by atoms with Gasteiger partial charge in [0.05, 0.1) is 6.10 Å². The van der Waals surface area contributed by atoms with E-state index in [0.29, 0.717) is 12.1 Å². The third-order valence-corrected chi connectivity index (χ3v) is 2.46. The molecule has 16 heavy (non-hydrogen) atoms. The molecule has 88 valence electrons. The Morgan fingerprint density at radius 2 is 2.25 bits per heavy atom. The van der Waals surface area contributed by atoms with Crippen LogP contribution in [0.5, 0.6) is 0 Å². The number of hydrogen-bond donors (Lipinski definition) is 1. The van der Waals surface area contributed by atoms with Gasteiger partial charge in [-0.3, -0.25) is 9.78 Å². The summed E-state index contributed by atoms with van der Waals surface area (Å²) < 4.78 is 5.41. The van der Waals surface area contributed by atoms with Crippen LogP contribution in [0.15, 0.2) is 24.5 Å². The molecular formula is C11H15ClN2O2. The second-order valence-corrected chi connectivity index (χ2v) is 3.58. The number of carbonyl (C=O) groups excluding carboxylic acids is 1. The summed E-state index contributed by atoms with van der Waals surface area (Å²) in [4.78, 5) is 15.5. The van der Waals surface area contributed by atoms with Crippen LogP contribution in [0.1, 0.15) is 23.2 Å². The average Bonchev–Trinajstić information content (AvgIpc) is 2.80. The number of halogens is 1. The summed E-state index contributed by atoms with van der Waals surface area (Å²) in [7, 11) is 0. The van der Waals surface area contributed by atoms with Crippen LogP contribution in [0.25, 0.3) is 0 Å².